The van der Waals surface area contributed by atoms with E-state index in [2.05, 4.69) is 10.3 Å². The van der Waals surface area contributed by atoms with E-state index in [9.17, 15) is 14.4 Å². The minimum Gasteiger partial charge on any atom is -0.496 e. The molecule has 1 saturated carbocycles. The molecule has 158 valence electrons. The van der Waals surface area contributed by atoms with E-state index >= 15 is 0 Å². The molecule has 1 aliphatic carbocycles. The monoisotopic (exact) mass is 412 g/mol. The van der Waals surface area contributed by atoms with Crippen LogP contribution in [0.15, 0.2) is 30.6 Å². The van der Waals surface area contributed by atoms with Gasteiger partial charge in [0, 0.05) is 18.2 Å². The quantitative estimate of drug-likeness (QED) is 0.719. The molecule has 9 nitrogen and oxygen atoms in total. The molecule has 0 radical (unpaired) electrons. The maximum Gasteiger partial charge on any atom is 0.359 e. The molecule has 1 aliphatic heterocycles. The highest BCUT2D eigenvalue weighted by atomic mass is 16.5. The summed E-state index contributed by atoms with van der Waals surface area (Å²) in [5.74, 6) is -0.636. The number of imidazole rings is 1. The molecule has 4 rings (SSSR count). The first kappa shape index (κ1) is 19.9. The molecule has 0 saturated heterocycles. The van der Waals surface area contributed by atoms with Crippen molar-refractivity contribution < 1.29 is 23.9 Å². The molecular weight excluding hydrogens is 388 g/mol. The number of methoxy groups -OCH3 is 2. The minimum absolute atomic E-state index is 0.0235. The van der Waals surface area contributed by atoms with Crippen molar-refractivity contribution in [1.29, 1.82) is 0 Å². The fraction of sp³-hybridized carbons (Fsp3) is 0.429. The number of esters is 1. The number of fused-ring (bicyclic) bond motifs is 1. The zero-order valence-corrected chi connectivity index (χ0v) is 17.2. The number of benzene rings is 1. The zero-order valence-electron chi connectivity index (χ0n) is 17.2. The average molecular weight is 412 g/mol. The third-order valence-corrected chi connectivity index (χ3v) is 5.68. The summed E-state index contributed by atoms with van der Waals surface area (Å²) in [6, 6.07) is 7.41. The van der Waals surface area contributed by atoms with E-state index in [1.807, 2.05) is 24.3 Å². The Morgan fingerprint density at radius 2 is 2.00 bits per heavy atom. The van der Waals surface area contributed by atoms with Crippen molar-refractivity contribution in [3.8, 4) is 5.75 Å². The van der Waals surface area contributed by atoms with E-state index in [4.69, 9.17) is 9.47 Å². The number of carbonyl (C=O) groups is 3. The molecule has 1 aromatic carbocycles. The standard InChI is InChI=1S/C21H24N4O5/c1-21(20(28)22-10-13-6-4-5-7-15(13)29-2)11-24-12-23-16(19(27)30-3)17(24)18(26)25(21)14-8-9-14/h4-7,12,14H,8-11H2,1-3H3,(H,22,28)/t21-/m1/s1. The third-order valence-electron chi connectivity index (χ3n) is 5.68. The second kappa shape index (κ2) is 7.47. The summed E-state index contributed by atoms with van der Waals surface area (Å²) in [4.78, 5) is 44.4. The molecule has 2 aromatic rings. The van der Waals surface area contributed by atoms with Crippen LogP contribution in [0.5, 0.6) is 5.75 Å². The smallest absolute Gasteiger partial charge is 0.359 e. The number of nitrogens with zero attached hydrogens (tertiary/aromatic N) is 3. The van der Waals surface area contributed by atoms with Gasteiger partial charge >= 0.3 is 5.97 Å². The highest BCUT2D eigenvalue weighted by Gasteiger charge is 2.53. The number of hydrogen-bond acceptors (Lipinski definition) is 6. The van der Waals surface area contributed by atoms with Crippen LogP contribution in [-0.4, -0.2) is 58.0 Å². The van der Waals surface area contributed by atoms with Crippen molar-refractivity contribution in [2.75, 3.05) is 14.2 Å². The zero-order chi connectivity index (χ0) is 21.5. The molecule has 1 fully saturated rings. The Kier molecular flexibility index (Phi) is 4.97. The number of hydrogen-bond donors (Lipinski definition) is 1. The number of ether oxygens (including phenoxy) is 2. The van der Waals surface area contributed by atoms with Crippen molar-refractivity contribution in [3.05, 3.63) is 47.5 Å². The van der Waals surface area contributed by atoms with Gasteiger partial charge in [0.05, 0.1) is 27.1 Å². The van der Waals surface area contributed by atoms with E-state index < -0.39 is 11.5 Å². The molecule has 1 atom stereocenters. The molecule has 1 aromatic heterocycles. The lowest BCUT2D eigenvalue weighted by atomic mass is 9.93. The molecule has 9 heteroatoms. The van der Waals surface area contributed by atoms with Crippen LogP contribution < -0.4 is 10.1 Å². The fourth-order valence-corrected chi connectivity index (χ4v) is 4.02. The third kappa shape index (κ3) is 3.20. The lowest BCUT2D eigenvalue weighted by Gasteiger charge is -2.44. The van der Waals surface area contributed by atoms with Gasteiger partial charge in [-0.3, -0.25) is 9.59 Å². The summed E-state index contributed by atoms with van der Waals surface area (Å²) in [6.45, 7) is 2.23. The van der Waals surface area contributed by atoms with E-state index in [1.165, 1.54) is 13.4 Å². The van der Waals surface area contributed by atoms with Gasteiger partial charge in [-0.2, -0.15) is 0 Å². The maximum absolute atomic E-state index is 13.4. The van der Waals surface area contributed by atoms with Gasteiger partial charge in [0.2, 0.25) is 5.91 Å². The number of para-hydroxylation sites is 1. The van der Waals surface area contributed by atoms with Gasteiger partial charge in [-0.15, -0.1) is 0 Å². The predicted molar refractivity (Wildman–Crippen MR) is 106 cm³/mol. The van der Waals surface area contributed by atoms with E-state index in [0.29, 0.717) is 5.75 Å². The van der Waals surface area contributed by atoms with Gasteiger partial charge in [0.25, 0.3) is 5.91 Å². The highest BCUT2D eigenvalue weighted by Crippen LogP contribution is 2.39. The Labute approximate surface area is 174 Å². The fourth-order valence-electron chi connectivity index (χ4n) is 4.02. The van der Waals surface area contributed by atoms with Crippen LogP contribution in [0.2, 0.25) is 0 Å². The first-order valence-electron chi connectivity index (χ1n) is 9.78. The van der Waals surface area contributed by atoms with Crippen molar-refractivity contribution in [2.45, 2.75) is 44.4 Å². The van der Waals surface area contributed by atoms with Crippen molar-refractivity contribution in [2.24, 2.45) is 0 Å². The largest absolute Gasteiger partial charge is 0.496 e. The Morgan fingerprint density at radius 1 is 1.27 bits per heavy atom. The summed E-state index contributed by atoms with van der Waals surface area (Å²) in [7, 11) is 2.82. The predicted octanol–water partition coefficient (Wildman–Crippen LogP) is 1.37. The lowest BCUT2D eigenvalue weighted by Crippen LogP contribution is -2.64. The molecule has 0 bridgehead atoms. The van der Waals surface area contributed by atoms with Crippen molar-refractivity contribution >= 4 is 17.8 Å². The summed E-state index contributed by atoms with van der Waals surface area (Å²) in [6.07, 6.45) is 3.06. The summed E-state index contributed by atoms with van der Waals surface area (Å²) in [5, 5.41) is 2.95. The van der Waals surface area contributed by atoms with Gasteiger partial charge < -0.3 is 24.3 Å². The van der Waals surface area contributed by atoms with Gasteiger partial charge in [-0.1, -0.05) is 18.2 Å². The Balaban J connectivity index is 1.63. The van der Waals surface area contributed by atoms with E-state index in [-0.39, 0.29) is 42.3 Å². The topological polar surface area (TPSA) is 103 Å². The van der Waals surface area contributed by atoms with Crippen molar-refractivity contribution in [1.82, 2.24) is 19.8 Å². The molecule has 0 spiro atoms. The van der Waals surface area contributed by atoms with Gasteiger partial charge in [0.1, 0.15) is 17.0 Å². The van der Waals surface area contributed by atoms with Gasteiger partial charge in [0.15, 0.2) is 5.69 Å². The molecule has 2 heterocycles. The maximum atomic E-state index is 13.4. The van der Waals surface area contributed by atoms with Crippen LogP contribution in [0.4, 0.5) is 0 Å². The molecule has 0 unspecified atom stereocenters. The Bertz CT molecular complexity index is 1010. The second-order valence-electron chi connectivity index (χ2n) is 7.74. The van der Waals surface area contributed by atoms with Crippen LogP contribution in [-0.2, 0) is 22.6 Å². The molecule has 30 heavy (non-hydrogen) atoms. The van der Waals surface area contributed by atoms with Gasteiger partial charge in [-0.25, -0.2) is 9.78 Å². The van der Waals surface area contributed by atoms with Crippen molar-refractivity contribution in [3.63, 3.8) is 0 Å². The lowest BCUT2D eigenvalue weighted by molar-refractivity contribution is -0.133. The minimum atomic E-state index is -1.11. The SMILES string of the molecule is COC(=O)c1ncn2c1C(=O)N(C1CC1)[C@@](C)(C(=O)NCc1ccccc1OC)C2. The van der Waals surface area contributed by atoms with Crippen LogP contribution in [0, 0.1) is 0 Å². The van der Waals surface area contributed by atoms with Crippen LogP contribution >= 0.6 is 0 Å². The van der Waals surface area contributed by atoms with Crippen LogP contribution in [0.1, 0.15) is 46.3 Å². The first-order valence-corrected chi connectivity index (χ1v) is 9.78. The molecule has 2 aliphatic rings. The number of aromatic nitrogens is 2. The summed E-state index contributed by atoms with van der Waals surface area (Å²) < 4.78 is 11.7. The van der Waals surface area contributed by atoms with E-state index in [1.54, 1.807) is 23.5 Å². The highest BCUT2D eigenvalue weighted by molar-refractivity contribution is 6.06. The molecular formula is C21H24N4O5. The number of amides is 2. The first-order chi connectivity index (χ1) is 14.4. The van der Waals surface area contributed by atoms with E-state index in [0.717, 1.165) is 18.4 Å². The Morgan fingerprint density at radius 3 is 2.67 bits per heavy atom. The second-order valence-corrected chi connectivity index (χ2v) is 7.74. The van der Waals surface area contributed by atoms with Crippen LogP contribution in [0.3, 0.4) is 0 Å². The van der Waals surface area contributed by atoms with Crippen LogP contribution in [0.25, 0.3) is 0 Å². The van der Waals surface area contributed by atoms with Gasteiger partial charge in [-0.05, 0) is 25.8 Å². The number of rotatable bonds is 6. The average Bonchev–Trinajstić information content (AvgIpc) is 3.49. The number of carbonyl (C=O) groups excluding carboxylic acids is 3. The molecule has 1 N–H and O–H groups in total. The molecule has 2 amide bonds. The summed E-state index contributed by atoms with van der Waals surface area (Å²) >= 11 is 0. The Hall–Kier alpha value is -3.36. The normalized spacial score (nSPS) is 20.5. The number of nitrogens with one attached hydrogen (secondary N) is 1. The summed E-state index contributed by atoms with van der Waals surface area (Å²) in [5.41, 5.74) is -0.122.